The summed E-state index contributed by atoms with van der Waals surface area (Å²) in [7, 11) is 1.60. The highest BCUT2D eigenvalue weighted by Gasteiger charge is 2.38. The van der Waals surface area contributed by atoms with Crippen LogP contribution in [0.4, 0.5) is 15.3 Å². The molecule has 2 heterocycles. The van der Waals surface area contributed by atoms with E-state index in [0.717, 1.165) is 18.5 Å². The summed E-state index contributed by atoms with van der Waals surface area (Å²) in [5.41, 5.74) is 1.83. The first-order chi connectivity index (χ1) is 14.1. The number of nitrogens with zero attached hydrogens (tertiary/aromatic N) is 3. The van der Waals surface area contributed by atoms with Crippen molar-refractivity contribution >= 4 is 17.7 Å². The second kappa shape index (κ2) is 8.43. The molecule has 0 spiro atoms. The Hall–Kier alpha value is -3.22. The Morgan fingerprint density at radius 1 is 1.10 bits per heavy atom. The predicted octanol–water partition coefficient (Wildman–Crippen LogP) is 3.24. The minimum Gasteiger partial charge on any atom is -0.497 e. The number of amides is 4. The van der Waals surface area contributed by atoms with Gasteiger partial charge in [0.1, 0.15) is 5.75 Å². The Labute approximate surface area is 170 Å². The van der Waals surface area contributed by atoms with Crippen molar-refractivity contribution in [3.05, 3.63) is 60.2 Å². The molecule has 0 radical (unpaired) electrons. The molecule has 1 atom stereocenters. The number of methoxy groups -OCH3 is 1. The molecule has 152 valence electrons. The quantitative estimate of drug-likeness (QED) is 0.847. The van der Waals surface area contributed by atoms with Crippen LogP contribution in [0, 0.1) is 0 Å². The molecule has 1 unspecified atom stereocenters. The number of rotatable bonds is 5. The molecule has 0 saturated carbocycles. The molecule has 2 aliphatic heterocycles. The van der Waals surface area contributed by atoms with Crippen molar-refractivity contribution in [3.63, 3.8) is 0 Å². The molecule has 0 aromatic heterocycles. The number of carbonyl (C=O) groups excluding carboxylic acids is 2. The first kappa shape index (κ1) is 19.1. The Morgan fingerprint density at radius 2 is 1.93 bits per heavy atom. The summed E-state index contributed by atoms with van der Waals surface area (Å²) >= 11 is 0. The van der Waals surface area contributed by atoms with E-state index in [-0.39, 0.29) is 18.1 Å². The van der Waals surface area contributed by atoms with Gasteiger partial charge in [-0.15, -0.1) is 0 Å². The zero-order valence-corrected chi connectivity index (χ0v) is 16.6. The fourth-order valence-electron chi connectivity index (χ4n) is 3.97. The van der Waals surface area contributed by atoms with E-state index >= 15 is 0 Å². The maximum absolute atomic E-state index is 12.9. The van der Waals surface area contributed by atoms with E-state index < -0.39 is 0 Å². The van der Waals surface area contributed by atoms with Gasteiger partial charge in [-0.05, 0) is 24.1 Å². The number of anilines is 1. The predicted molar refractivity (Wildman–Crippen MR) is 111 cm³/mol. The largest absolute Gasteiger partial charge is 0.497 e. The van der Waals surface area contributed by atoms with Gasteiger partial charge in [0.05, 0.1) is 13.2 Å². The van der Waals surface area contributed by atoms with Crippen LogP contribution in [0.15, 0.2) is 54.6 Å². The zero-order chi connectivity index (χ0) is 20.2. The third-order valence-electron chi connectivity index (χ3n) is 5.56. The fourth-order valence-corrected chi connectivity index (χ4v) is 3.97. The summed E-state index contributed by atoms with van der Waals surface area (Å²) in [5.74, 6) is 0.697. The smallest absolute Gasteiger partial charge is 0.321 e. The molecule has 0 bridgehead atoms. The van der Waals surface area contributed by atoms with Gasteiger partial charge in [-0.1, -0.05) is 36.4 Å². The summed E-state index contributed by atoms with van der Waals surface area (Å²) in [6.07, 6.45) is 0.802. The Balaban J connectivity index is 1.32. The number of hydrogen-bond donors (Lipinski definition) is 1. The number of likely N-dealkylation sites (tertiary alicyclic amines) is 1. The first-order valence-electron chi connectivity index (χ1n) is 9.93. The van der Waals surface area contributed by atoms with Gasteiger partial charge < -0.3 is 24.8 Å². The number of nitrogens with one attached hydrogen (secondary N) is 1. The second-order valence-corrected chi connectivity index (χ2v) is 7.43. The molecule has 29 heavy (non-hydrogen) atoms. The van der Waals surface area contributed by atoms with E-state index in [1.54, 1.807) is 18.1 Å². The molecule has 7 nitrogen and oxygen atoms in total. The summed E-state index contributed by atoms with van der Waals surface area (Å²) < 4.78 is 5.20. The van der Waals surface area contributed by atoms with Crippen LogP contribution in [-0.2, 0) is 6.54 Å². The van der Waals surface area contributed by atoms with Crippen LogP contribution < -0.4 is 10.1 Å². The van der Waals surface area contributed by atoms with Gasteiger partial charge in [-0.25, -0.2) is 9.59 Å². The lowest BCUT2D eigenvalue weighted by Crippen LogP contribution is -2.42. The minimum absolute atomic E-state index is 0.0638. The van der Waals surface area contributed by atoms with Crippen molar-refractivity contribution in [2.45, 2.75) is 19.0 Å². The number of carbonyl (C=O) groups is 2. The molecule has 2 aliphatic rings. The number of urea groups is 2. The first-order valence-corrected chi connectivity index (χ1v) is 9.93. The standard InChI is InChI=1S/C22H26N4O3/c1-29-20-9-5-8-18(14-20)23-21(27)24-11-10-19(16-24)26-13-12-25(22(26)28)15-17-6-3-2-4-7-17/h2-9,14,19H,10-13,15-16H2,1H3,(H,23,27). The molecule has 2 fully saturated rings. The zero-order valence-electron chi connectivity index (χ0n) is 16.6. The van der Waals surface area contributed by atoms with E-state index in [1.807, 2.05) is 58.3 Å². The minimum atomic E-state index is -0.145. The van der Waals surface area contributed by atoms with Gasteiger partial charge in [-0.2, -0.15) is 0 Å². The molecule has 7 heteroatoms. The van der Waals surface area contributed by atoms with Gasteiger partial charge in [0, 0.05) is 44.5 Å². The third-order valence-corrected chi connectivity index (χ3v) is 5.56. The topological polar surface area (TPSA) is 65.1 Å². The molecule has 2 saturated heterocycles. The van der Waals surface area contributed by atoms with Crippen LogP contribution in [0.5, 0.6) is 5.75 Å². The number of ether oxygens (including phenoxy) is 1. The summed E-state index contributed by atoms with van der Waals surface area (Å²) in [5, 5.41) is 2.92. The van der Waals surface area contributed by atoms with Crippen LogP contribution in [-0.4, -0.2) is 66.1 Å². The van der Waals surface area contributed by atoms with Crippen molar-refractivity contribution < 1.29 is 14.3 Å². The molecule has 2 aromatic carbocycles. The van der Waals surface area contributed by atoms with Crippen molar-refractivity contribution in [3.8, 4) is 5.75 Å². The lowest BCUT2D eigenvalue weighted by atomic mass is 10.2. The number of benzene rings is 2. The molecule has 4 rings (SSSR count). The molecular formula is C22H26N4O3. The molecule has 1 N–H and O–H groups in total. The normalized spacial score (nSPS) is 19.0. The SMILES string of the molecule is COc1cccc(NC(=O)N2CCC(N3CCN(Cc4ccccc4)C3=O)C2)c1. The van der Waals surface area contributed by atoms with Crippen LogP contribution in [0.25, 0.3) is 0 Å². The molecule has 2 aromatic rings. The third kappa shape index (κ3) is 4.29. The van der Waals surface area contributed by atoms with E-state index in [1.165, 1.54) is 0 Å². The summed E-state index contributed by atoms with van der Waals surface area (Å²) in [4.78, 5) is 31.1. The Kier molecular flexibility index (Phi) is 5.55. The van der Waals surface area contributed by atoms with Crippen LogP contribution >= 0.6 is 0 Å². The lowest BCUT2D eigenvalue weighted by Gasteiger charge is -2.25. The van der Waals surface area contributed by atoms with Gasteiger partial charge in [-0.3, -0.25) is 0 Å². The van der Waals surface area contributed by atoms with E-state index in [2.05, 4.69) is 5.32 Å². The highest BCUT2D eigenvalue weighted by molar-refractivity contribution is 5.89. The van der Waals surface area contributed by atoms with E-state index in [9.17, 15) is 9.59 Å². The maximum Gasteiger partial charge on any atom is 0.321 e. The fraction of sp³-hybridized carbons (Fsp3) is 0.364. The van der Waals surface area contributed by atoms with Crippen LogP contribution in [0.2, 0.25) is 0 Å². The maximum atomic E-state index is 12.9. The molecular weight excluding hydrogens is 368 g/mol. The Bertz CT molecular complexity index is 873. The van der Waals surface area contributed by atoms with Crippen LogP contribution in [0.3, 0.4) is 0 Å². The number of hydrogen-bond acceptors (Lipinski definition) is 3. The van der Waals surface area contributed by atoms with Crippen molar-refractivity contribution in [2.75, 3.05) is 38.6 Å². The van der Waals surface area contributed by atoms with Gasteiger partial charge in [0.25, 0.3) is 0 Å². The monoisotopic (exact) mass is 394 g/mol. The highest BCUT2D eigenvalue weighted by atomic mass is 16.5. The second-order valence-electron chi connectivity index (χ2n) is 7.43. The van der Waals surface area contributed by atoms with Gasteiger partial charge in [0.2, 0.25) is 0 Å². The summed E-state index contributed by atoms with van der Waals surface area (Å²) in [6, 6.07) is 17.3. The van der Waals surface area contributed by atoms with E-state index in [0.29, 0.717) is 37.6 Å². The van der Waals surface area contributed by atoms with Gasteiger partial charge >= 0.3 is 12.1 Å². The van der Waals surface area contributed by atoms with Gasteiger partial charge in [0.15, 0.2) is 0 Å². The highest BCUT2D eigenvalue weighted by Crippen LogP contribution is 2.23. The average molecular weight is 394 g/mol. The molecule has 0 aliphatic carbocycles. The summed E-state index contributed by atoms with van der Waals surface area (Å²) in [6.45, 7) is 3.26. The van der Waals surface area contributed by atoms with Crippen molar-refractivity contribution in [1.29, 1.82) is 0 Å². The van der Waals surface area contributed by atoms with Crippen molar-refractivity contribution in [2.24, 2.45) is 0 Å². The van der Waals surface area contributed by atoms with E-state index in [4.69, 9.17) is 4.74 Å². The van der Waals surface area contributed by atoms with Crippen LogP contribution in [0.1, 0.15) is 12.0 Å². The molecule has 4 amide bonds. The average Bonchev–Trinajstić information content (AvgIpc) is 3.36. The Morgan fingerprint density at radius 3 is 2.72 bits per heavy atom. The van der Waals surface area contributed by atoms with Crippen molar-refractivity contribution in [1.82, 2.24) is 14.7 Å². The lowest BCUT2D eigenvalue weighted by molar-refractivity contribution is 0.175.